The Labute approximate surface area is 139 Å². The molecule has 8 nitrogen and oxygen atoms in total. The van der Waals surface area contributed by atoms with E-state index in [1.54, 1.807) is 17.7 Å². The summed E-state index contributed by atoms with van der Waals surface area (Å²) in [5.74, 6) is 2.75. The summed E-state index contributed by atoms with van der Waals surface area (Å²) >= 11 is 0. The fourth-order valence-corrected chi connectivity index (χ4v) is 3.19. The van der Waals surface area contributed by atoms with Crippen LogP contribution in [-0.2, 0) is 6.54 Å². The Balaban J connectivity index is 1.47. The number of piperidine rings is 1. The highest BCUT2D eigenvalue weighted by atomic mass is 16.5. The van der Waals surface area contributed by atoms with Crippen LogP contribution in [0.4, 0.5) is 0 Å². The van der Waals surface area contributed by atoms with Crippen molar-refractivity contribution < 1.29 is 9.15 Å². The third-order valence-electron chi connectivity index (χ3n) is 4.64. The first-order chi connectivity index (χ1) is 11.7. The first kappa shape index (κ1) is 15.1. The van der Waals surface area contributed by atoms with Gasteiger partial charge in [-0.15, -0.1) is 15.3 Å². The van der Waals surface area contributed by atoms with Crippen molar-refractivity contribution in [3.05, 3.63) is 35.8 Å². The summed E-state index contributed by atoms with van der Waals surface area (Å²) < 4.78 is 12.3. The minimum absolute atomic E-state index is 0.356. The van der Waals surface area contributed by atoms with Crippen LogP contribution < -0.4 is 4.74 Å². The lowest BCUT2D eigenvalue weighted by Crippen LogP contribution is -2.33. The van der Waals surface area contributed by atoms with Gasteiger partial charge in [0.2, 0.25) is 5.88 Å². The molecule has 0 aliphatic carbocycles. The zero-order valence-electron chi connectivity index (χ0n) is 13.8. The molecule has 0 aromatic carbocycles. The molecule has 1 saturated heterocycles. The number of methoxy groups -OCH3 is 1. The molecule has 4 rings (SSSR count). The van der Waals surface area contributed by atoms with E-state index >= 15 is 0 Å². The number of aryl methyl sites for hydroxylation is 1. The van der Waals surface area contributed by atoms with E-state index in [1.807, 2.05) is 13.0 Å². The summed E-state index contributed by atoms with van der Waals surface area (Å²) in [4.78, 5) is 6.68. The van der Waals surface area contributed by atoms with Gasteiger partial charge in [-0.3, -0.25) is 4.90 Å². The highest BCUT2D eigenvalue weighted by Crippen LogP contribution is 2.28. The molecule has 1 aliphatic rings. The van der Waals surface area contributed by atoms with Gasteiger partial charge in [-0.1, -0.05) is 0 Å². The first-order valence-electron chi connectivity index (χ1n) is 8.12. The number of rotatable bonds is 4. The molecule has 0 amide bonds. The second-order valence-electron chi connectivity index (χ2n) is 6.11. The maximum Gasteiger partial charge on any atom is 0.231 e. The molecule has 0 spiro atoms. The lowest BCUT2D eigenvalue weighted by molar-refractivity contribution is 0.198. The fourth-order valence-electron chi connectivity index (χ4n) is 3.19. The molecule has 0 radical (unpaired) electrons. The van der Waals surface area contributed by atoms with Crippen molar-refractivity contribution in [1.29, 1.82) is 0 Å². The van der Waals surface area contributed by atoms with Gasteiger partial charge in [-0.05, 0) is 38.9 Å². The molecule has 8 heteroatoms. The van der Waals surface area contributed by atoms with Crippen molar-refractivity contribution in [3.8, 4) is 5.88 Å². The highest BCUT2D eigenvalue weighted by molar-refractivity contribution is 5.38. The topological polar surface area (TPSA) is 81.6 Å². The minimum Gasteiger partial charge on any atom is -0.480 e. The smallest absolute Gasteiger partial charge is 0.231 e. The quantitative estimate of drug-likeness (QED) is 0.722. The largest absolute Gasteiger partial charge is 0.480 e. The maximum atomic E-state index is 5.28. The second kappa shape index (κ2) is 6.20. The van der Waals surface area contributed by atoms with Crippen LogP contribution in [0.15, 0.2) is 22.9 Å². The molecule has 126 valence electrons. The van der Waals surface area contributed by atoms with Gasteiger partial charge in [0.25, 0.3) is 0 Å². The van der Waals surface area contributed by atoms with Crippen molar-refractivity contribution in [2.24, 2.45) is 0 Å². The summed E-state index contributed by atoms with van der Waals surface area (Å²) in [6.45, 7) is 4.78. The number of hydrogen-bond donors (Lipinski definition) is 0. The predicted molar refractivity (Wildman–Crippen MR) is 85.8 cm³/mol. The van der Waals surface area contributed by atoms with Crippen molar-refractivity contribution in [2.75, 3.05) is 20.2 Å². The van der Waals surface area contributed by atoms with Crippen LogP contribution in [0.3, 0.4) is 0 Å². The molecule has 0 N–H and O–H groups in total. The Morgan fingerprint density at radius 3 is 2.79 bits per heavy atom. The van der Waals surface area contributed by atoms with E-state index < -0.39 is 0 Å². The minimum atomic E-state index is 0.356. The summed E-state index contributed by atoms with van der Waals surface area (Å²) in [7, 11) is 1.61. The van der Waals surface area contributed by atoms with E-state index in [1.165, 1.54) is 6.39 Å². The molecule has 1 fully saturated rings. The Hall–Kier alpha value is -2.48. The van der Waals surface area contributed by atoms with Gasteiger partial charge < -0.3 is 9.15 Å². The molecule has 0 atom stereocenters. The van der Waals surface area contributed by atoms with Crippen LogP contribution in [0.5, 0.6) is 5.88 Å². The SMILES string of the molecule is COc1ccc2nnc(C3CCN(Cc4ncoc4C)CC3)n2n1. The molecule has 0 saturated carbocycles. The Morgan fingerprint density at radius 1 is 1.25 bits per heavy atom. The Bertz CT molecular complexity index is 834. The zero-order chi connectivity index (χ0) is 16.5. The summed E-state index contributed by atoms with van der Waals surface area (Å²) in [5.41, 5.74) is 1.78. The number of oxazole rings is 1. The van der Waals surface area contributed by atoms with Crippen LogP contribution in [0.25, 0.3) is 5.65 Å². The van der Waals surface area contributed by atoms with Crippen LogP contribution >= 0.6 is 0 Å². The van der Waals surface area contributed by atoms with E-state index in [-0.39, 0.29) is 0 Å². The predicted octanol–water partition coefficient (Wildman–Crippen LogP) is 1.81. The van der Waals surface area contributed by atoms with Crippen LogP contribution in [-0.4, -0.2) is 49.9 Å². The number of fused-ring (bicyclic) bond motifs is 1. The van der Waals surface area contributed by atoms with Gasteiger partial charge in [-0.25, -0.2) is 4.98 Å². The molecule has 4 heterocycles. The third kappa shape index (κ3) is 2.73. The molecule has 0 unspecified atom stereocenters. The maximum absolute atomic E-state index is 5.28. The molecular formula is C16H20N6O2. The molecule has 3 aromatic rings. The molecule has 0 bridgehead atoms. The molecule has 3 aromatic heterocycles. The monoisotopic (exact) mass is 328 g/mol. The van der Waals surface area contributed by atoms with E-state index in [0.29, 0.717) is 11.8 Å². The van der Waals surface area contributed by atoms with Gasteiger partial charge in [0.1, 0.15) is 5.76 Å². The average Bonchev–Trinajstić information content (AvgIpc) is 3.21. The summed E-state index contributed by atoms with van der Waals surface area (Å²) in [6.07, 6.45) is 3.56. The second-order valence-corrected chi connectivity index (χ2v) is 6.11. The van der Waals surface area contributed by atoms with E-state index in [0.717, 1.165) is 55.4 Å². The van der Waals surface area contributed by atoms with Crippen molar-refractivity contribution in [3.63, 3.8) is 0 Å². The van der Waals surface area contributed by atoms with Crippen LogP contribution in [0, 0.1) is 6.92 Å². The standard InChI is InChI=1S/C16H20N6O2/c1-11-13(17-10-24-11)9-21-7-5-12(6-8-21)16-19-18-14-3-4-15(23-2)20-22(14)16/h3-4,10,12H,5-9H2,1-2H3. The van der Waals surface area contributed by atoms with Crippen LogP contribution in [0.2, 0.25) is 0 Å². The molecular weight excluding hydrogens is 308 g/mol. The normalized spacial score (nSPS) is 16.8. The summed E-state index contributed by atoms with van der Waals surface area (Å²) in [6, 6.07) is 3.68. The van der Waals surface area contributed by atoms with Crippen molar-refractivity contribution >= 4 is 5.65 Å². The highest BCUT2D eigenvalue weighted by Gasteiger charge is 2.26. The van der Waals surface area contributed by atoms with Crippen molar-refractivity contribution in [2.45, 2.75) is 32.2 Å². The number of nitrogens with zero attached hydrogens (tertiary/aromatic N) is 6. The number of aromatic nitrogens is 5. The third-order valence-corrected chi connectivity index (χ3v) is 4.64. The van der Waals surface area contributed by atoms with E-state index in [4.69, 9.17) is 9.15 Å². The van der Waals surface area contributed by atoms with Gasteiger partial charge in [-0.2, -0.15) is 4.52 Å². The average molecular weight is 328 g/mol. The van der Waals surface area contributed by atoms with Gasteiger partial charge in [0.05, 0.1) is 12.8 Å². The number of likely N-dealkylation sites (tertiary alicyclic amines) is 1. The fraction of sp³-hybridized carbons (Fsp3) is 0.500. The lowest BCUT2D eigenvalue weighted by Gasteiger charge is -2.30. The number of hydrogen-bond acceptors (Lipinski definition) is 7. The Morgan fingerprint density at radius 2 is 2.08 bits per heavy atom. The van der Waals surface area contributed by atoms with Gasteiger partial charge in [0, 0.05) is 18.5 Å². The van der Waals surface area contributed by atoms with Gasteiger partial charge >= 0.3 is 0 Å². The van der Waals surface area contributed by atoms with Crippen molar-refractivity contribution in [1.82, 2.24) is 29.7 Å². The summed E-state index contributed by atoms with van der Waals surface area (Å²) in [5, 5.41) is 13.0. The van der Waals surface area contributed by atoms with Gasteiger partial charge in [0.15, 0.2) is 17.9 Å². The molecule has 24 heavy (non-hydrogen) atoms. The lowest BCUT2D eigenvalue weighted by atomic mass is 9.96. The Kier molecular flexibility index (Phi) is 3.89. The molecule has 1 aliphatic heterocycles. The zero-order valence-corrected chi connectivity index (χ0v) is 13.8. The number of ether oxygens (including phenoxy) is 1. The van der Waals surface area contributed by atoms with Crippen LogP contribution in [0.1, 0.15) is 36.0 Å². The first-order valence-corrected chi connectivity index (χ1v) is 8.12. The van der Waals surface area contributed by atoms with E-state index in [9.17, 15) is 0 Å². The van der Waals surface area contributed by atoms with E-state index in [2.05, 4.69) is 25.2 Å².